The SMILES string of the molecule is O=C(Nc1nc2cc3c(cc2s1)OCO3)c1cccc(NS(=O)(=O)c2ccc(Cl)cc2)c1. The lowest BCUT2D eigenvalue weighted by Gasteiger charge is -2.09. The van der Waals surface area contributed by atoms with Gasteiger partial charge in [-0.15, -0.1) is 0 Å². The number of aromatic nitrogens is 1. The van der Waals surface area contributed by atoms with Crippen molar-refractivity contribution in [3.63, 3.8) is 0 Å². The second kappa shape index (κ2) is 7.97. The van der Waals surface area contributed by atoms with Crippen molar-refractivity contribution in [1.29, 1.82) is 0 Å². The highest BCUT2D eigenvalue weighted by Gasteiger charge is 2.18. The van der Waals surface area contributed by atoms with Gasteiger partial charge < -0.3 is 9.47 Å². The molecule has 1 aromatic heterocycles. The number of nitrogens with one attached hydrogen (secondary N) is 2. The van der Waals surface area contributed by atoms with Crippen molar-refractivity contribution in [2.45, 2.75) is 4.90 Å². The minimum absolute atomic E-state index is 0.0612. The maximum Gasteiger partial charge on any atom is 0.261 e. The van der Waals surface area contributed by atoms with E-state index in [1.807, 2.05) is 6.07 Å². The van der Waals surface area contributed by atoms with Gasteiger partial charge in [-0.2, -0.15) is 0 Å². The standard InChI is InChI=1S/C21H14ClN3O5S2/c22-13-4-6-15(7-5-13)32(27,28)25-14-3-1-2-12(8-14)20(26)24-21-23-16-9-17-18(30-11-29-17)10-19(16)31-21/h1-10,25H,11H2,(H,23,24,26). The van der Waals surface area contributed by atoms with E-state index in [1.54, 1.807) is 24.3 Å². The largest absolute Gasteiger partial charge is 0.454 e. The average molecular weight is 488 g/mol. The molecule has 1 aliphatic rings. The topological polar surface area (TPSA) is 107 Å². The van der Waals surface area contributed by atoms with Gasteiger partial charge in [0, 0.05) is 28.4 Å². The van der Waals surface area contributed by atoms with Gasteiger partial charge in [0.15, 0.2) is 16.6 Å². The first-order chi connectivity index (χ1) is 15.4. The summed E-state index contributed by atoms with van der Waals surface area (Å²) in [6.07, 6.45) is 0. The summed E-state index contributed by atoms with van der Waals surface area (Å²) in [5.74, 6) is 0.831. The first kappa shape index (κ1) is 20.6. The summed E-state index contributed by atoms with van der Waals surface area (Å²) in [6.45, 7) is 0.175. The molecule has 0 aliphatic carbocycles. The van der Waals surface area contributed by atoms with Crippen LogP contribution in [0.2, 0.25) is 5.02 Å². The number of amides is 1. The van der Waals surface area contributed by atoms with Gasteiger partial charge in [0.05, 0.1) is 15.1 Å². The summed E-state index contributed by atoms with van der Waals surface area (Å²) in [4.78, 5) is 17.2. The number of carbonyl (C=O) groups excluding carboxylic acids is 1. The molecule has 1 amide bonds. The third-order valence-corrected chi connectivity index (χ3v) is 7.19. The Kier molecular flexibility index (Phi) is 5.12. The molecule has 4 aromatic rings. The van der Waals surface area contributed by atoms with Crippen molar-refractivity contribution in [1.82, 2.24) is 4.98 Å². The van der Waals surface area contributed by atoms with Crippen molar-refractivity contribution in [3.8, 4) is 11.5 Å². The Balaban J connectivity index is 1.34. The third-order valence-electron chi connectivity index (χ3n) is 4.60. The Morgan fingerprint density at radius 1 is 1.03 bits per heavy atom. The van der Waals surface area contributed by atoms with E-state index < -0.39 is 15.9 Å². The summed E-state index contributed by atoms with van der Waals surface area (Å²) in [7, 11) is -3.83. The zero-order valence-corrected chi connectivity index (χ0v) is 18.6. The van der Waals surface area contributed by atoms with Crippen LogP contribution in [0.5, 0.6) is 11.5 Å². The molecule has 0 fully saturated rings. The minimum Gasteiger partial charge on any atom is -0.454 e. The summed E-state index contributed by atoms with van der Waals surface area (Å²) in [5.41, 5.74) is 1.20. The average Bonchev–Trinajstić information content (AvgIpc) is 3.37. The van der Waals surface area contributed by atoms with E-state index in [4.69, 9.17) is 21.1 Å². The predicted octanol–water partition coefficient (Wildman–Crippen LogP) is 4.73. The number of halogens is 1. The van der Waals surface area contributed by atoms with Crippen LogP contribution in [0.25, 0.3) is 10.2 Å². The molecule has 0 atom stereocenters. The molecule has 32 heavy (non-hydrogen) atoms. The predicted molar refractivity (Wildman–Crippen MR) is 122 cm³/mol. The van der Waals surface area contributed by atoms with Crippen LogP contribution in [0.15, 0.2) is 65.6 Å². The summed E-state index contributed by atoms with van der Waals surface area (Å²) < 4.78 is 39.2. The van der Waals surface area contributed by atoms with E-state index in [9.17, 15) is 13.2 Å². The highest BCUT2D eigenvalue weighted by atomic mass is 35.5. The molecule has 8 nitrogen and oxygen atoms in total. The van der Waals surface area contributed by atoms with Crippen LogP contribution in [0, 0.1) is 0 Å². The lowest BCUT2D eigenvalue weighted by Crippen LogP contribution is -2.15. The van der Waals surface area contributed by atoms with Crippen LogP contribution in [0.3, 0.4) is 0 Å². The van der Waals surface area contributed by atoms with Crippen molar-refractivity contribution >= 4 is 59.9 Å². The van der Waals surface area contributed by atoms with Crippen molar-refractivity contribution < 1.29 is 22.7 Å². The normalized spacial score (nSPS) is 12.7. The maximum absolute atomic E-state index is 12.7. The molecule has 11 heteroatoms. The lowest BCUT2D eigenvalue weighted by molar-refractivity contribution is 0.102. The van der Waals surface area contributed by atoms with Gasteiger partial charge in [-0.1, -0.05) is 29.0 Å². The van der Waals surface area contributed by atoms with E-state index in [0.29, 0.717) is 27.2 Å². The molecule has 3 aromatic carbocycles. The molecule has 0 saturated heterocycles. The molecule has 0 spiro atoms. The summed E-state index contributed by atoms with van der Waals surface area (Å²) >= 11 is 7.12. The van der Waals surface area contributed by atoms with Crippen LogP contribution in [-0.2, 0) is 10.0 Å². The second-order valence-corrected chi connectivity index (χ2v) is 9.94. The molecule has 2 N–H and O–H groups in total. The van der Waals surface area contributed by atoms with Gasteiger partial charge in [0.2, 0.25) is 6.79 Å². The summed E-state index contributed by atoms with van der Waals surface area (Å²) in [6, 6.07) is 15.5. The Morgan fingerprint density at radius 2 is 1.78 bits per heavy atom. The molecular weight excluding hydrogens is 474 g/mol. The maximum atomic E-state index is 12.7. The van der Waals surface area contributed by atoms with E-state index in [0.717, 1.165) is 4.70 Å². The molecular formula is C21H14ClN3O5S2. The van der Waals surface area contributed by atoms with Gasteiger partial charge in [0.25, 0.3) is 15.9 Å². The van der Waals surface area contributed by atoms with E-state index in [1.165, 1.54) is 41.7 Å². The fourth-order valence-corrected chi connectivity index (χ4v) is 5.14. The number of benzene rings is 3. The zero-order valence-electron chi connectivity index (χ0n) is 16.2. The number of ether oxygens (including phenoxy) is 2. The van der Waals surface area contributed by atoms with Crippen LogP contribution in [-0.4, -0.2) is 26.1 Å². The fourth-order valence-electron chi connectivity index (χ4n) is 3.09. The number of carbonyl (C=O) groups is 1. The van der Waals surface area contributed by atoms with Crippen LogP contribution < -0.4 is 19.5 Å². The Labute approximate surface area is 191 Å². The molecule has 0 saturated carbocycles. The quantitative estimate of drug-likeness (QED) is 0.421. The molecule has 0 bridgehead atoms. The van der Waals surface area contributed by atoms with E-state index in [2.05, 4.69) is 15.0 Å². The second-order valence-electron chi connectivity index (χ2n) is 6.79. The van der Waals surface area contributed by atoms with E-state index >= 15 is 0 Å². The zero-order chi connectivity index (χ0) is 22.3. The molecule has 2 heterocycles. The number of rotatable bonds is 5. The number of sulfonamides is 1. The van der Waals surface area contributed by atoms with Gasteiger partial charge in [-0.3, -0.25) is 14.8 Å². The number of thiazole rings is 1. The molecule has 162 valence electrons. The van der Waals surface area contributed by atoms with Crippen LogP contribution in [0.1, 0.15) is 10.4 Å². The smallest absolute Gasteiger partial charge is 0.261 e. The summed E-state index contributed by atoms with van der Waals surface area (Å²) in [5, 5.41) is 3.58. The number of hydrogen-bond acceptors (Lipinski definition) is 7. The Bertz CT molecular complexity index is 1410. The first-order valence-corrected chi connectivity index (χ1v) is 12.0. The van der Waals surface area contributed by atoms with Gasteiger partial charge in [0.1, 0.15) is 0 Å². The van der Waals surface area contributed by atoms with Crippen LogP contribution in [0.4, 0.5) is 10.8 Å². The number of nitrogens with zero attached hydrogens (tertiary/aromatic N) is 1. The Morgan fingerprint density at radius 3 is 2.56 bits per heavy atom. The van der Waals surface area contributed by atoms with Crippen molar-refractivity contribution in [2.24, 2.45) is 0 Å². The van der Waals surface area contributed by atoms with Gasteiger partial charge in [-0.05, 0) is 42.5 Å². The van der Waals surface area contributed by atoms with Crippen molar-refractivity contribution in [3.05, 3.63) is 71.2 Å². The molecule has 5 rings (SSSR count). The third kappa shape index (κ3) is 4.07. The fraction of sp³-hybridized carbons (Fsp3) is 0.0476. The number of fused-ring (bicyclic) bond motifs is 2. The monoisotopic (exact) mass is 487 g/mol. The van der Waals surface area contributed by atoms with Gasteiger partial charge in [-0.25, -0.2) is 13.4 Å². The lowest BCUT2D eigenvalue weighted by atomic mass is 10.2. The van der Waals surface area contributed by atoms with Crippen molar-refractivity contribution in [2.75, 3.05) is 16.8 Å². The Hall–Kier alpha value is -3.34. The number of anilines is 2. The number of hydrogen-bond donors (Lipinski definition) is 2. The van der Waals surface area contributed by atoms with Crippen LogP contribution >= 0.6 is 22.9 Å². The van der Waals surface area contributed by atoms with Gasteiger partial charge >= 0.3 is 0 Å². The molecule has 0 radical (unpaired) electrons. The highest BCUT2D eigenvalue weighted by molar-refractivity contribution is 7.92. The minimum atomic E-state index is -3.83. The van der Waals surface area contributed by atoms with E-state index in [-0.39, 0.29) is 22.9 Å². The first-order valence-electron chi connectivity index (χ1n) is 9.27. The highest BCUT2D eigenvalue weighted by Crippen LogP contribution is 2.39. The molecule has 0 unspecified atom stereocenters. The molecule has 1 aliphatic heterocycles.